The molecule has 1 rings (SSSR count). The number of nitrogens with one attached hydrogen (secondary N) is 1. The fourth-order valence-electron chi connectivity index (χ4n) is 1.62. The van der Waals surface area contributed by atoms with Crippen LogP contribution in [0.15, 0.2) is 11.4 Å². The summed E-state index contributed by atoms with van der Waals surface area (Å²) < 4.78 is 0. The molecule has 17 heavy (non-hydrogen) atoms. The smallest absolute Gasteiger partial charge is 0.249 e. The van der Waals surface area contributed by atoms with E-state index in [1.807, 2.05) is 11.4 Å². The van der Waals surface area contributed by atoms with E-state index in [1.54, 1.807) is 11.3 Å². The summed E-state index contributed by atoms with van der Waals surface area (Å²) in [5, 5.41) is 5.20. The normalized spacial score (nSPS) is 11.0. The molecule has 0 unspecified atom stereocenters. The lowest BCUT2D eigenvalue weighted by molar-refractivity contribution is 0.100. The predicted octanol–water partition coefficient (Wildman–Crippen LogP) is 2.76. The van der Waals surface area contributed by atoms with Crippen LogP contribution in [-0.2, 0) is 6.54 Å². The minimum absolute atomic E-state index is 0.343. The topological polar surface area (TPSA) is 55.1 Å². The van der Waals surface area contributed by atoms with Crippen LogP contribution in [0, 0.1) is 5.92 Å². The van der Waals surface area contributed by atoms with E-state index >= 15 is 0 Å². The Morgan fingerprint density at radius 1 is 1.47 bits per heavy atom. The molecule has 4 heteroatoms. The number of thiophene rings is 1. The van der Waals surface area contributed by atoms with Crippen LogP contribution in [0.2, 0.25) is 0 Å². The molecule has 0 aliphatic heterocycles. The molecule has 0 atom stereocenters. The lowest BCUT2D eigenvalue weighted by Gasteiger charge is -2.05. The van der Waals surface area contributed by atoms with Gasteiger partial charge in [-0.3, -0.25) is 4.79 Å². The zero-order chi connectivity index (χ0) is 12.7. The molecule has 0 aliphatic carbocycles. The van der Waals surface area contributed by atoms with Gasteiger partial charge in [-0.2, -0.15) is 0 Å². The molecule has 0 fully saturated rings. The van der Waals surface area contributed by atoms with Gasteiger partial charge in [0.05, 0.1) is 5.56 Å². The molecule has 1 heterocycles. The highest BCUT2D eigenvalue weighted by Crippen LogP contribution is 2.13. The van der Waals surface area contributed by atoms with E-state index in [0.717, 1.165) is 19.0 Å². The highest BCUT2D eigenvalue weighted by Gasteiger charge is 2.03. The minimum atomic E-state index is -0.343. The van der Waals surface area contributed by atoms with E-state index in [9.17, 15) is 4.79 Å². The average molecular weight is 254 g/mol. The standard InChI is InChI=1S/C13H22N2OS/c1-10(2)5-3-4-6-15-8-12-7-11(9-17-12)13(14)16/h7,9-10,15H,3-6,8H2,1-2H3,(H2,14,16). The molecule has 0 aromatic carbocycles. The zero-order valence-corrected chi connectivity index (χ0v) is 11.5. The summed E-state index contributed by atoms with van der Waals surface area (Å²) in [6.07, 6.45) is 3.79. The van der Waals surface area contributed by atoms with Crippen molar-refractivity contribution in [2.24, 2.45) is 11.7 Å². The van der Waals surface area contributed by atoms with Gasteiger partial charge in [0.2, 0.25) is 5.91 Å². The molecular weight excluding hydrogens is 232 g/mol. The van der Waals surface area contributed by atoms with Gasteiger partial charge in [-0.25, -0.2) is 0 Å². The predicted molar refractivity (Wildman–Crippen MR) is 73.2 cm³/mol. The van der Waals surface area contributed by atoms with Gasteiger partial charge in [0.1, 0.15) is 0 Å². The Balaban J connectivity index is 2.11. The monoisotopic (exact) mass is 254 g/mol. The summed E-state index contributed by atoms with van der Waals surface area (Å²) in [5.41, 5.74) is 5.81. The molecule has 1 amide bonds. The van der Waals surface area contributed by atoms with Crippen LogP contribution in [0.3, 0.4) is 0 Å². The fourth-order valence-corrected chi connectivity index (χ4v) is 2.46. The van der Waals surface area contributed by atoms with Gasteiger partial charge in [-0.15, -0.1) is 11.3 Å². The van der Waals surface area contributed by atoms with Crippen LogP contribution in [0.4, 0.5) is 0 Å². The molecule has 0 bridgehead atoms. The summed E-state index contributed by atoms with van der Waals surface area (Å²) >= 11 is 1.58. The lowest BCUT2D eigenvalue weighted by atomic mass is 10.1. The second-order valence-electron chi connectivity index (χ2n) is 4.73. The maximum atomic E-state index is 10.9. The Hall–Kier alpha value is -0.870. The van der Waals surface area contributed by atoms with Crippen molar-refractivity contribution < 1.29 is 4.79 Å². The minimum Gasteiger partial charge on any atom is -0.366 e. The quantitative estimate of drug-likeness (QED) is 0.701. The Bertz CT molecular complexity index is 347. The molecule has 0 radical (unpaired) electrons. The Kier molecular flexibility index (Phi) is 6.22. The van der Waals surface area contributed by atoms with Gasteiger partial charge in [0.25, 0.3) is 0 Å². The van der Waals surface area contributed by atoms with Crippen molar-refractivity contribution >= 4 is 17.2 Å². The summed E-state index contributed by atoms with van der Waals surface area (Å²) in [4.78, 5) is 12.1. The molecule has 0 aliphatic rings. The van der Waals surface area contributed by atoms with Crippen LogP contribution in [0.1, 0.15) is 48.3 Å². The van der Waals surface area contributed by atoms with E-state index in [4.69, 9.17) is 5.73 Å². The second-order valence-corrected chi connectivity index (χ2v) is 5.73. The van der Waals surface area contributed by atoms with Gasteiger partial charge in [0.15, 0.2) is 0 Å². The average Bonchev–Trinajstić information content (AvgIpc) is 2.71. The molecule has 3 nitrogen and oxygen atoms in total. The number of primary amides is 1. The molecule has 0 spiro atoms. The van der Waals surface area contributed by atoms with Crippen molar-refractivity contribution in [3.05, 3.63) is 21.9 Å². The van der Waals surface area contributed by atoms with E-state index < -0.39 is 0 Å². The number of hydrogen-bond acceptors (Lipinski definition) is 3. The van der Waals surface area contributed by atoms with Crippen molar-refractivity contribution in [3.63, 3.8) is 0 Å². The van der Waals surface area contributed by atoms with E-state index in [0.29, 0.717) is 5.56 Å². The van der Waals surface area contributed by atoms with Gasteiger partial charge in [-0.1, -0.05) is 26.7 Å². The first-order valence-corrected chi connectivity index (χ1v) is 7.05. The van der Waals surface area contributed by atoms with E-state index in [-0.39, 0.29) is 5.91 Å². The Labute approximate surface area is 107 Å². The number of amides is 1. The van der Waals surface area contributed by atoms with E-state index in [1.165, 1.54) is 24.1 Å². The zero-order valence-electron chi connectivity index (χ0n) is 10.7. The van der Waals surface area contributed by atoms with Crippen LogP contribution in [0.25, 0.3) is 0 Å². The van der Waals surface area contributed by atoms with Gasteiger partial charge < -0.3 is 11.1 Å². The SMILES string of the molecule is CC(C)CCCCNCc1cc(C(N)=O)cs1. The van der Waals surface area contributed by atoms with Crippen molar-refractivity contribution in [1.82, 2.24) is 5.32 Å². The Morgan fingerprint density at radius 2 is 2.24 bits per heavy atom. The Morgan fingerprint density at radius 3 is 2.82 bits per heavy atom. The number of carbonyl (C=O) groups is 1. The molecule has 96 valence electrons. The first kappa shape index (κ1) is 14.2. The van der Waals surface area contributed by atoms with Crippen molar-refractivity contribution in [1.29, 1.82) is 0 Å². The molecule has 0 saturated carbocycles. The number of nitrogens with two attached hydrogens (primary N) is 1. The maximum absolute atomic E-state index is 10.9. The highest BCUT2D eigenvalue weighted by atomic mass is 32.1. The van der Waals surface area contributed by atoms with Gasteiger partial charge in [0, 0.05) is 16.8 Å². The maximum Gasteiger partial charge on any atom is 0.249 e. The van der Waals surface area contributed by atoms with Crippen molar-refractivity contribution in [2.45, 2.75) is 39.7 Å². The van der Waals surface area contributed by atoms with Gasteiger partial charge >= 0.3 is 0 Å². The summed E-state index contributed by atoms with van der Waals surface area (Å²) in [6.45, 7) is 6.38. The third kappa shape index (κ3) is 5.84. The third-order valence-electron chi connectivity index (χ3n) is 2.62. The van der Waals surface area contributed by atoms with Crippen LogP contribution in [-0.4, -0.2) is 12.5 Å². The molecule has 1 aromatic heterocycles. The third-order valence-corrected chi connectivity index (χ3v) is 3.56. The largest absolute Gasteiger partial charge is 0.366 e. The molecule has 3 N–H and O–H groups in total. The van der Waals surface area contributed by atoms with Crippen molar-refractivity contribution in [3.8, 4) is 0 Å². The summed E-state index contributed by atoms with van der Waals surface area (Å²) in [5.74, 6) is 0.454. The van der Waals surface area contributed by atoms with Crippen LogP contribution in [0.5, 0.6) is 0 Å². The number of rotatable bonds is 8. The highest BCUT2D eigenvalue weighted by molar-refractivity contribution is 7.10. The summed E-state index contributed by atoms with van der Waals surface area (Å²) in [7, 11) is 0. The van der Waals surface area contributed by atoms with E-state index in [2.05, 4.69) is 19.2 Å². The first-order valence-electron chi connectivity index (χ1n) is 6.17. The molecular formula is C13H22N2OS. The number of unbranched alkanes of at least 4 members (excludes halogenated alkanes) is 1. The lowest BCUT2D eigenvalue weighted by Crippen LogP contribution is -2.14. The first-order chi connectivity index (χ1) is 8.09. The second kappa shape index (κ2) is 7.45. The number of hydrogen-bond donors (Lipinski definition) is 2. The molecule has 1 aromatic rings. The fraction of sp³-hybridized carbons (Fsp3) is 0.615. The summed E-state index contributed by atoms with van der Waals surface area (Å²) in [6, 6.07) is 1.87. The number of carbonyl (C=O) groups excluding carboxylic acids is 1. The van der Waals surface area contributed by atoms with Crippen LogP contribution < -0.4 is 11.1 Å². The molecule has 0 saturated heterocycles. The van der Waals surface area contributed by atoms with Crippen LogP contribution >= 0.6 is 11.3 Å². The van der Waals surface area contributed by atoms with Crippen molar-refractivity contribution in [2.75, 3.05) is 6.54 Å². The van der Waals surface area contributed by atoms with Gasteiger partial charge in [-0.05, 0) is 24.9 Å².